The fourth-order valence-corrected chi connectivity index (χ4v) is 10.1. The minimum Gasteiger partial charge on any atom is -0.756 e. The Morgan fingerprint density at radius 2 is 0.802 bits per heavy atom. The van der Waals surface area contributed by atoms with Crippen LogP contribution in [0.15, 0.2) is 97.2 Å². The summed E-state index contributed by atoms with van der Waals surface area (Å²) in [7, 11) is 1.15. The van der Waals surface area contributed by atoms with Gasteiger partial charge in [0.25, 0.3) is 7.82 Å². The number of rotatable bonds is 60. The van der Waals surface area contributed by atoms with E-state index in [9.17, 15) is 19.0 Å². The number of esters is 1. The zero-order valence-corrected chi connectivity index (χ0v) is 54.4. The van der Waals surface area contributed by atoms with Crippen molar-refractivity contribution in [3.8, 4) is 0 Å². The summed E-state index contributed by atoms with van der Waals surface area (Å²) in [6.07, 6.45) is 81.2. The molecule has 0 aliphatic heterocycles. The van der Waals surface area contributed by atoms with E-state index in [4.69, 9.17) is 13.8 Å². The second kappa shape index (κ2) is 60.1. The van der Waals surface area contributed by atoms with Crippen LogP contribution in [0.5, 0.6) is 0 Å². The van der Waals surface area contributed by atoms with Crippen LogP contribution in [0.25, 0.3) is 0 Å². The normalized spacial score (nSPS) is 14.2. The van der Waals surface area contributed by atoms with Crippen molar-refractivity contribution in [2.75, 3.05) is 40.9 Å². The van der Waals surface area contributed by atoms with Crippen LogP contribution in [0.3, 0.4) is 0 Å². The summed E-state index contributed by atoms with van der Waals surface area (Å²) in [5.74, 6) is -0.607. The van der Waals surface area contributed by atoms with Crippen LogP contribution in [-0.2, 0) is 27.9 Å². The molecular formula is C71H127N2O7P. The lowest BCUT2D eigenvalue weighted by molar-refractivity contribution is -0.870. The number of phosphoric ester groups is 1. The lowest BCUT2D eigenvalue weighted by Crippen LogP contribution is -2.47. The molecule has 468 valence electrons. The average Bonchev–Trinajstić information content (AvgIpc) is 3.43. The molecule has 0 aromatic heterocycles. The Labute approximate surface area is 500 Å². The van der Waals surface area contributed by atoms with Gasteiger partial charge in [0.2, 0.25) is 5.91 Å². The maximum Gasteiger partial charge on any atom is 0.306 e. The summed E-state index contributed by atoms with van der Waals surface area (Å²) in [6, 6.07) is -0.915. The first-order valence-electron chi connectivity index (χ1n) is 33.5. The highest BCUT2D eigenvalue weighted by molar-refractivity contribution is 7.45. The highest BCUT2D eigenvalue weighted by atomic mass is 31.2. The van der Waals surface area contributed by atoms with Crippen LogP contribution in [0.1, 0.15) is 290 Å². The Bertz CT molecular complexity index is 1710. The maximum atomic E-state index is 13.6. The highest BCUT2D eigenvalue weighted by Crippen LogP contribution is 2.38. The van der Waals surface area contributed by atoms with E-state index in [0.717, 1.165) is 83.5 Å². The van der Waals surface area contributed by atoms with Crippen LogP contribution < -0.4 is 10.2 Å². The van der Waals surface area contributed by atoms with E-state index in [0.29, 0.717) is 23.9 Å². The lowest BCUT2D eigenvalue weighted by atomic mass is 10.0. The molecule has 0 aromatic carbocycles. The Morgan fingerprint density at radius 3 is 1.23 bits per heavy atom. The first-order valence-corrected chi connectivity index (χ1v) is 35.0. The topological polar surface area (TPSA) is 114 Å². The first kappa shape index (κ1) is 77.9. The van der Waals surface area contributed by atoms with Crippen LogP contribution in [-0.4, -0.2) is 69.4 Å². The minimum atomic E-state index is -4.72. The van der Waals surface area contributed by atoms with Crippen LogP contribution >= 0.6 is 7.82 Å². The monoisotopic (exact) mass is 1150 g/mol. The number of ether oxygens (including phenoxy) is 1. The summed E-state index contributed by atoms with van der Waals surface area (Å²) >= 11 is 0. The molecule has 0 rings (SSSR count). The largest absolute Gasteiger partial charge is 0.756 e. The van der Waals surface area contributed by atoms with E-state index >= 15 is 0 Å². The van der Waals surface area contributed by atoms with Crippen LogP contribution in [0, 0.1) is 0 Å². The van der Waals surface area contributed by atoms with E-state index in [1.165, 1.54) is 167 Å². The van der Waals surface area contributed by atoms with Crippen molar-refractivity contribution in [1.29, 1.82) is 0 Å². The van der Waals surface area contributed by atoms with Gasteiger partial charge in [0.05, 0.1) is 33.8 Å². The van der Waals surface area contributed by atoms with Crippen molar-refractivity contribution >= 4 is 19.7 Å². The van der Waals surface area contributed by atoms with Gasteiger partial charge in [0.1, 0.15) is 19.3 Å². The van der Waals surface area contributed by atoms with Gasteiger partial charge in [-0.3, -0.25) is 14.2 Å². The standard InChI is InChI=1S/C71H127N2O7P/c1-7-10-13-16-19-22-25-27-29-31-32-33-34-35-36-37-38-39-40-42-43-45-48-51-54-57-60-63-70(74)72-68(67-79-81(76,77)78-66-65-73(4,5)6)69(62-59-56-53-50-47-24-21-18-15-12-9-3)80-71(75)64-61-58-55-52-49-46-44-41-30-28-26-23-20-17-14-11-8-2/h11,14,19-20,22-23,27-30,44,46,52,55,59,62,68-69H,7-10,12-13,15-18,21,24-26,31-43,45,47-51,53-54,56-58,60-61,63-67H2,1-6H3,(H-,72,74,76,77)/b14-11-,22-19-,23-20-,29-27-,30-28-,46-44-,55-52-,62-59-. The number of hydrogen-bond donors (Lipinski definition) is 1. The van der Waals surface area contributed by atoms with E-state index in [1.807, 2.05) is 33.3 Å². The molecule has 81 heavy (non-hydrogen) atoms. The summed E-state index contributed by atoms with van der Waals surface area (Å²) < 4.78 is 30.3. The van der Waals surface area contributed by atoms with E-state index in [2.05, 4.69) is 111 Å². The quantitative estimate of drug-likeness (QED) is 0.0212. The molecule has 0 bridgehead atoms. The van der Waals surface area contributed by atoms with Crippen molar-refractivity contribution in [3.05, 3.63) is 97.2 Å². The number of nitrogens with one attached hydrogen (secondary N) is 1. The molecule has 0 spiro atoms. The summed E-state index contributed by atoms with van der Waals surface area (Å²) in [6.45, 7) is 6.67. The number of unbranched alkanes of at least 4 members (excludes halogenated alkanes) is 30. The van der Waals surface area contributed by atoms with Crippen molar-refractivity contribution < 1.29 is 37.3 Å². The first-order chi connectivity index (χ1) is 39.4. The number of allylic oxidation sites excluding steroid dienone is 15. The molecule has 0 aromatic rings. The molecule has 3 unspecified atom stereocenters. The fraction of sp³-hybridized carbons (Fsp3) is 0.746. The smallest absolute Gasteiger partial charge is 0.306 e. The number of carbonyl (C=O) groups excluding carboxylic acids is 2. The van der Waals surface area contributed by atoms with Gasteiger partial charge in [-0.2, -0.15) is 0 Å². The number of carbonyl (C=O) groups is 2. The van der Waals surface area contributed by atoms with Gasteiger partial charge in [-0.05, 0) is 102 Å². The number of likely N-dealkylation sites (N-methyl/N-ethyl adjacent to an activating group) is 1. The molecule has 0 radical (unpaired) electrons. The molecule has 0 saturated heterocycles. The van der Waals surface area contributed by atoms with Gasteiger partial charge < -0.3 is 28.5 Å². The summed E-state index contributed by atoms with van der Waals surface area (Å²) in [5.41, 5.74) is 0. The molecule has 0 aliphatic rings. The number of hydrogen-bond acceptors (Lipinski definition) is 7. The Hall–Kier alpha value is -3.07. The Balaban J connectivity index is 5.07. The molecule has 1 N–H and O–H groups in total. The fourth-order valence-electron chi connectivity index (χ4n) is 9.35. The second-order valence-corrected chi connectivity index (χ2v) is 25.0. The minimum absolute atomic E-state index is 0.0341. The van der Waals surface area contributed by atoms with Crippen LogP contribution in [0.2, 0.25) is 0 Å². The van der Waals surface area contributed by atoms with Gasteiger partial charge in [-0.25, -0.2) is 0 Å². The third-order valence-electron chi connectivity index (χ3n) is 14.5. The van der Waals surface area contributed by atoms with Gasteiger partial charge in [0.15, 0.2) is 0 Å². The van der Waals surface area contributed by atoms with Gasteiger partial charge >= 0.3 is 5.97 Å². The molecule has 0 saturated carbocycles. The van der Waals surface area contributed by atoms with Crippen molar-refractivity contribution in [2.45, 2.75) is 303 Å². The molecular weight excluding hydrogens is 1020 g/mol. The van der Waals surface area contributed by atoms with Crippen molar-refractivity contribution in [3.63, 3.8) is 0 Å². The summed E-state index contributed by atoms with van der Waals surface area (Å²) in [5, 5.41) is 3.02. The predicted molar refractivity (Wildman–Crippen MR) is 348 cm³/mol. The van der Waals surface area contributed by atoms with E-state index in [1.54, 1.807) is 0 Å². The Kier molecular flexibility index (Phi) is 57.8. The zero-order valence-electron chi connectivity index (χ0n) is 53.5. The average molecular weight is 1150 g/mol. The van der Waals surface area contributed by atoms with Gasteiger partial charge in [0, 0.05) is 12.8 Å². The Morgan fingerprint density at radius 1 is 0.444 bits per heavy atom. The molecule has 0 heterocycles. The predicted octanol–water partition coefficient (Wildman–Crippen LogP) is 20.5. The van der Waals surface area contributed by atoms with Crippen molar-refractivity contribution in [1.82, 2.24) is 5.32 Å². The third kappa shape index (κ3) is 61.3. The number of phosphoric acid groups is 1. The number of amides is 1. The molecule has 0 aliphatic carbocycles. The lowest BCUT2D eigenvalue weighted by Gasteiger charge is -2.30. The second-order valence-electron chi connectivity index (χ2n) is 23.6. The number of nitrogens with zero attached hydrogens (tertiary/aromatic N) is 1. The summed E-state index contributed by atoms with van der Waals surface area (Å²) in [4.78, 5) is 40.0. The molecule has 10 heteroatoms. The van der Waals surface area contributed by atoms with E-state index in [-0.39, 0.29) is 18.9 Å². The SMILES string of the molecule is CC/C=C\C/C=C\C/C=C\C/C=C\C/C=C\CCCC(=O)OC(/C=C\CCCCCCCCCCC)C(COP(=O)([O-])OCC[N+](C)(C)C)NC(=O)CCCCCCCCCCCCCCCCCCC/C=C\C/C=C\CCCCC. The molecule has 3 atom stereocenters. The number of quaternary nitrogens is 1. The highest BCUT2D eigenvalue weighted by Gasteiger charge is 2.27. The molecule has 9 nitrogen and oxygen atoms in total. The third-order valence-corrected chi connectivity index (χ3v) is 15.5. The maximum absolute atomic E-state index is 13.6. The van der Waals surface area contributed by atoms with Crippen molar-refractivity contribution in [2.24, 2.45) is 0 Å². The van der Waals surface area contributed by atoms with Gasteiger partial charge in [-0.15, -0.1) is 0 Å². The molecule has 0 fully saturated rings. The van der Waals surface area contributed by atoms with Gasteiger partial charge in [-0.1, -0.05) is 272 Å². The van der Waals surface area contributed by atoms with Crippen LogP contribution in [0.4, 0.5) is 0 Å². The van der Waals surface area contributed by atoms with E-state index < -0.39 is 32.5 Å². The zero-order chi connectivity index (χ0) is 59.3. The molecule has 1 amide bonds.